The molecule has 0 aliphatic rings. The van der Waals surface area contributed by atoms with Crippen LogP contribution in [0.2, 0.25) is 5.02 Å². The van der Waals surface area contributed by atoms with Crippen LogP contribution in [0.25, 0.3) is 10.2 Å². The zero-order valence-electron chi connectivity index (χ0n) is 13.3. The standard InChI is InChI=1S/C17H11ClF2N2O3S/c1-25-14(23)8-22-12-6-5-9(18)7-13(12)26-17(22)21-16(24)15-10(19)3-2-4-11(15)20/h2-7H,8H2,1H3. The SMILES string of the molecule is COC(=O)Cn1c(=NC(=O)c2c(F)cccc2F)sc2cc(Cl)ccc21. The second-order valence-corrected chi connectivity index (χ2v) is 6.62. The highest BCUT2D eigenvalue weighted by molar-refractivity contribution is 7.16. The van der Waals surface area contributed by atoms with Crippen molar-refractivity contribution in [2.75, 3.05) is 7.11 Å². The van der Waals surface area contributed by atoms with Gasteiger partial charge in [-0.05, 0) is 30.3 Å². The van der Waals surface area contributed by atoms with E-state index in [4.69, 9.17) is 11.6 Å². The highest BCUT2D eigenvalue weighted by Gasteiger charge is 2.18. The van der Waals surface area contributed by atoms with Gasteiger partial charge in [0, 0.05) is 5.02 Å². The number of hydrogen-bond acceptors (Lipinski definition) is 4. The number of esters is 1. The van der Waals surface area contributed by atoms with Crippen LogP contribution in [-0.4, -0.2) is 23.6 Å². The smallest absolute Gasteiger partial charge is 0.325 e. The van der Waals surface area contributed by atoms with E-state index in [2.05, 4.69) is 9.73 Å². The summed E-state index contributed by atoms with van der Waals surface area (Å²) in [4.78, 5) is 27.9. The molecule has 1 aromatic heterocycles. The number of nitrogens with zero attached hydrogens (tertiary/aromatic N) is 2. The van der Waals surface area contributed by atoms with Gasteiger partial charge in [0.05, 0.1) is 17.3 Å². The molecule has 0 aliphatic heterocycles. The Morgan fingerprint density at radius 1 is 1.23 bits per heavy atom. The van der Waals surface area contributed by atoms with Crippen LogP contribution in [0.3, 0.4) is 0 Å². The first kappa shape index (κ1) is 18.2. The average Bonchev–Trinajstić information content (AvgIpc) is 2.90. The third-order valence-electron chi connectivity index (χ3n) is 3.53. The summed E-state index contributed by atoms with van der Waals surface area (Å²) in [5.74, 6) is -3.67. The molecule has 0 spiro atoms. The Hall–Kier alpha value is -2.58. The van der Waals surface area contributed by atoms with E-state index in [0.29, 0.717) is 15.2 Å². The van der Waals surface area contributed by atoms with Gasteiger partial charge in [-0.2, -0.15) is 4.99 Å². The zero-order valence-corrected chi connectivity index (χ0v) is 14.9. The van der Waals surface area contributed by atoms with E-state index in [9.17, 15) is 18.4 Å². The molecule has 0 bridgehead atoms. The largest absolute Gasteiger partial charge is 0.468 e. The average molecular weight is 397 g/mol. The number of carbonyl (C=O) groups excluding carboxylic acids is 2. The van der Waals surface area contributed by atoms with Gasteiger partial charge in [0.25, 0.3) is 5.91 Å². The molecule has 9 heteroatoms. The molecule has 0 unspecified atom stereocenters. The van der Waals surface area contributed by atoms with Crippen LogP contribution >= 0.6 is 22.9 Å². The van der Waals surface area contributed by atoms with Crippen molar-refractivity contribution >= 4 is 45.0 Å². The topological polar surface area (TPSA) is 60.7 Å². The molecule has 0 atom stereocenters. The Morgan fingerprint density at radius 3 is 2.58 bits per heavy atom. The van der Waals surface area contributed by atoms with Crippen molar-refractivity contribution in [3.05, 3.63) is 63.4 Å². The highest BCUT2D eigenvalue weighted by atomic mass is 35.5. The normalized spacial score (nSPS) is 11.8. The maximum Gasteiger partial charge on any atom is 0.325 e. The number of ether oxygens (including phenoxy) is 1. The zero-order chi connectivity index (χ0) is 18.8. The third kappa shape index (κ3) is 3.51. The summed E-state index contributed by atoms with van der Waals surface area (Å²) in [7, 11) is 1.23. The van der Waals surface area contributed by atoms with Gasteiger partial charge in [0.2, 0.25) is 0 Å². The van der Waals surface area contributed by atoms with Crippen LogP contribution in [0.5, 0.6) is 0 Å². The Balaban J connectivity index is 2.19. The molecule has 1 heterocycles. The fourth-order valence-electron chi connectivity index (χ4n) is 2.32. The minimum atomic E-state index is -1.09. The van der Waals surface area contributed by atoms with Crippen molar-refractivity contribution in [1.82, 2.24) is 4.57 Å². The Bertz CT molecular complexity index is 1070. The van der Waals surface area contributed by atoms with E-state index in [1.807, 2.05) is 0 Å². The lowest BCUT2D eigenvalue weighted by Gasteiger charge is -2.04. The minimum Gasteiger partial charge on any atom is -0.468 e. The van der Waals surface area contributed by atoms with Gasteiger partial charge in [-0.3, -0.25) is 9.59 Å². The van der Waals surface area contributed by atoms with E-state index in [0.717, 1.165) is 29.5 Å². The van der Waals surface area contributed by atoms with Crippen molar-refractivity contribution in [2.45, 2.75) is 6.54 Å². The van der Waals surface area contributed by atoms with Crippen molar-refractivity contribution < 1.29 is 23.1 Å². The molecular formula is C17H11ClF2N2O3S. The highest BCUT2D eigenvalue weighted by Crippen LogP contribution is 2.22. The predicted octanol–water partition coefficient (Wildman–Crippen LogP) is 3.55. The van der Waals surface area contributed by atoms with E-state index < -0.39 is 29.1 Å². The maximum absolute atomic E-state index is 13.8. The summed E-state index contributed by atoms with van der Waals surface area (Å²) in [5, 5.41) is 0.460. The molecule has 5 nitrogen and oxygen atoms in total. The van der Waals surface area contributed by atoms with Crippen molar-refractivity contribution in [3.8, 4) is 0 Å². The molecule has 2 aromatic carbocycles. The summed E-state index contributed by atoms with van der Waals surface area (Å²) >= 11 is 7.03. The van der Waals surface area contributed by atoms with Crippen molar-refractivity contribution in [2.24, 2.45) is 4.99 Å². The summed E-state index contributed by atoms with van der Waals surface area (Å²) in [5.41, 5.74) is -0.169. The molecule has 0 saturated carbocycles. The Morgan fingerprint density at radius 2 is 1.92 bits per heavy atom. The quantitative estimate of drug-likeness (QED) is 0.636. The number of rotatable bonds is 3. The monoisotopic (exact) mass is 396 g/mol. The second-order valence-electron chi connectivity index (χ2n) is 5.17. The van der Waals surface area contributed by atoms with E-state index >= 15 is 0 Å². The number of thiazole rings is 1. The molecule has 3 rings (SSSR count). The van der Waals surface area contributed by atoms with Gasteiger partial charge >= 0.3 is 5.97 Å². The third-order valence-corrected chi connectivity index (χ3v) is 4.81. The van der Waals surface area contributed by atoms with Crippen LogP contribution in [0.1, 0.15) is 10.4 Å². The number of benzene rings is 2. The lowest BCUT2D eigenvalue weighted by molar-refractivity contribution is -0.141. The van der Waals surface area contributed by atoms with Crippen molar-refractivity contribution in [3.63, 3.8) is 0 Å². The van der Waals surface area contributed by atoms with E-state index in [1.54, 1.807) is 18.2 Å². The van der Waals surface area contributed by atoms with E-state index in [1.165, 1.54) is 11.7 Å². The van der Waals surface area contributed by atoms with Gasteiger partial charge in [-0.25, -0.2) is 8.78 Å². The van der Waals surface area contributed by atoms with Crippen LogP contribution in [0.15, 0.2) is 41.4 Å². The molecule has 0 fully saturated rings. The Labute approximate surface area is 155 Å². The fraction of sp³-hybridized carbons (Fsp3) is 0.118. The first-order valence-electron chi connectivity index (χ1n) is 7.29. The van der Waals surface area contributed by atoms with Crippen molar-refractivity contribution in [1.29, 1.82) is 0 Å². The predicted molar refractivity (Wildman–Crippen MR) is 93.1 cm³/mol. The molecule has 0 saturated heterocycles. The van der Waals surface area contributed by atoms with Gasteiger partial charge < -0.3 is 9.30 Å². The summed E-state index contributed by atoms with van der Waals surface area (Å²) in [6.45, 7) is -0.218. The molecule has 3 aromatic rings. The number of aromatic nitrogens is 1. The summed E-state index contributed by atoms with van der Waals surface area (Å²) in [6.07, 6.45) is 0. The molecule has 26 heavy (non-hydrogen) atoms. The molecule has 0 aliphatic carbocycles. The first-order valence-corrected chi connectivity index (χ1v) is 8.49. The maximum atomic E-state index is 13.8. The van der Waals surface area contributed by atoms with Crippen LogP contribution in [0.4, 0.5) is 8.78 Å². The molecule has 134 valence electrons. The molecule has 0 radical (unpaired) electrons. The van der Waals surface area contributed by atoms with Gasteiger partial charge in [0.15, 0.2) is 4.80 Å². The number of hydrogen-bond donors (Lipinski definition) is 0. The minimum absolute atomic E-state index is 0.0975. The van der Waals surface area contributed by atoms with E-state index in [-0.39, 0.29) is 11.3 Å². The number of methoxy groups -OCH3 is 1. The molecular weight excluding hydrogens is 386 g/mol. The molecule has 0 N–H and O–H groups in total. The summed E-state index contributed by atoms with van der Waals surface area (Å²) < 4.78 is 34.4. The number of carbonyl (C=O) groups is 2. The fourth-order valence-corrected chi connectivity index (χ4v) is 3.63. The van der Waals surface area contributed by atoms with Crippen LogP contribution < -0.4 is 4.80 Å². The number of halogens is 3. The van der Waals surface area contributed by atoms with Gasteiger partial charge in [-0.15, -0.1) is 0 Å². The first-order chi connectivity index (χ1) is 12.4. The molecule has 1 amide bonds. The van der Waals surface area contributed by atoms with Crippen LogP contribution in [-0.2, 0) is 16.1 Å². The lowest BCUT2D eigenvalue weighted by atomic mass is 10.2. The Kier molecular flexibility index (Phi) is 5.15. The van der Waals surface area contributed by atoms with Gasteiger partial charge in [-0.1, -0.05) is 29.0 Å². The summed E-state index contributed by atoms with van der Waals surface area (Å²) in [6, 6.07) is 8.01. The lowest BCUT2D eigenvalue weighted by Crippen LogP contribution is -2.22. The second kappa shape index (κ2) is 7.35. The van der Waals surface area contributed by atoms with Gasteiger partial charge in [0.1, 0.15) is 23.7 Å². The van der Waals surface area contributed by atoms with Crippen LogP contribution in [0, 0.1) is 11.6 Å². The number of amides is 1. The number of fused-ring (bicyclic) bond motifs is 1.